The van der Waals surface area contributed by atoms with E-state index in [4.69, 9.17) is 4.74 Å². The molecule has 0 saturated carbocycles. The number of pyridine rings is 1. The van der Waals surface area contributed by atoms with Crippen molar-refractivity contribution in [1.29, 1.82) is 0 Å². The molecule has 0 atom stereocenters. The zero-order valence-corrected chi connectivity index (χ0v) is 12.7. The van der Waals surface area contributed by atoms with Gasteiger partial charge in [-0.1, -0.05) is 13.8 Å². The Labute approximate surface area is 115 Å². The van der Waals surface area contributed by atoms with E-state index in [1.807, 2.05) is 6.20 Å². The van der Waals surface area contributed by atoms with Gasteiger partial charge in [0.15, 0.2) is 0 Å². The number of fused-ring (bicyclic) bond motifs is 1. The molecular formula is C16H24N2O. The second-order valence-electron chi connectivity index (χ2n) is 5.50. The van der Waals surface area contributed by atoms with Gasteiger partial charge >= 0.3 is 0 Å². The molecule has 0 fully saturated rings. The molecule has 0 aliphatic carbocycles. The van der Waals surface area contributed by atoms with E-state index in [2.05, 4.69) is 50.2 Å². The maximum Gasteiger partial charge on any atom is 0.238 e. The Morgan fingerprint density at radius 3 is 2.68 bits per heavy atom. The lowest BCUT2D eigenvalue weighted by atomic mass is 10.1. The standard InChI is InChI=1S/C16H24N2O/c1-6-18-13(5)12(4)14-7-9-17-16(15(14)18)19-10-8-11(2)3/h7,9,11H,6,8,10H2,1-5H3. The summed E-state index contributed by atoms with van der Waals surface area (Å²) in [7, 11) is 0. The maximum absolute atomic E-state index is 5.91. The van der Waals surface area contributed by atoms with Crippen molar-refractivity contribution in [3.8, 4) is 5.88 Å². The Bertz CT molecular complexity index is 570. The van der Waals surface area contributed by atoms with Gasteiger partial charge in [0, 0.05) is 23.8 Å². The zero-order valence-electron chi connectivity index (χ0n) is 12.7. The Balaban J connectivity index is 2.41. The van der Waals surface area contributed by atoms with E-state index < -0.39 is 0 Å². The Morgan fingerprint density at radius 1 is 1.32 bits per heavy atom. The van der Waals surface area contributed by atoms with Crippen molar-refractivity contribution in [2.45, 2.75) is 47.6 Å². The van der Waals surface area contributed by atoms with Crippen LogP contribution in [0.4, 0.5) is 0 Å². The van der Waals surface area contributed by atoms with Crippen LogP contribution in [-0.2, 0) is 6.54 Å². The number of ether oxygens (including phenoxy) is 1. The molecule has 3 heteroatoms. The normalized spacial score (nSPS) is 11.5. The van der Waals surface area contributed by atoms with Crippen molar-refractivity contribution in [3.05, 3.63) is 23.5 Å². The third kappa shape index (κ3) is 2.60. The minimum Gasteiger partial charge on any atom is -0.476 e. The van der Waals surface area contributed by atoms with Crippen LogP contribution in [0.2, 0.25) is 0 Å². The molecule has 3 nitrogen and oxygen atoms in total. The first-order valence-corrected chi connectivity index (χ1v) is 7.13. The van der Waals surface area contributed by atoms with Gasteiger partial charge in [0.1, 0.15) is 5.52 Å². The van der Waals surface area contributed by atoms with Gasteiger partial charge in [-0.15, -0.1) is 0 Å². The lowest BCUT2D eigenvalue weighted by molar-refractivity contribution is 0.281. The fourth-order valence-corrected chi connectivity index (χ4v) is 2.46. The lowest BCUT2D eigenvalue weighted by Gasteiger charge is -2.11. The van der Waals surface area contributed by atoms with Crippen LogP contribution in [0.25, 0.3) is 10.9 Å². The molecule has 0 unspecified atom stereocenters. The minimum absolute atomic E-state index is 0.653. The second-order valence-corrected chi connectivity index (χ2v) is 5.50. The molecule has 0 aliphatic rings. The van der Waals surface area contributed by atoms with Crippen molar-refractivity contribution in [3.63, 3.8) is 0 Å². The summed E-state index contributed by atoms with van der Waals surface area (Å²) in [6, 6.07) is 2.08. The first kappa shape index (κ1) is 13.9. The van der Waals surface area contributed by atoms with Crippen LogP contribution in [0.15, 0.2) is 12.3 Å². The van der Waals surface area contributed by atoms with Gasteiger partial charge in [0.25, 0.3) is 0 Å². The van der Waals surface area contributed by atoms with E-state index in [9.17, 15) is 0 Å². The highest BCUT2D eigenvalue weighted by molar-refractivity contribution is 5.88. The van der Waals surface area contributed by atoms with Crippen molar-refractivity contribution >= 4 is 10.9 Å². The molecule has 0 N–H and O–H groups in total. The van der Waals surface area contributed by atoms with E-state index in [0.29, 0.717) is 5.92 Å². The van der Waals surface area contributed by atoms with Crippen LogP contribution in [-0.4, -0.2) is 16.2 Å². The van der Waals surface area contributed by atoms with Crippen molar-refractivity contribution in [2.24, 2.45) is 5.92 Å². The SMILES string of the molecule is CCn1c(C)c(C)c2ccnc(OCCC(C)C)c21. The third-order valence-corrected chi connectivity index (χ3v) is 3.76. The van der Waals surface area contributed by atoms with Crippen LogP contribution >= 0.6 is 0 Å². The molecular weight excluding hydrogens is 236 g/mol. The molecule has 0 radical (unpaired) electrons. The Morgan fingerprint density at radius 2 is 2.05 bits per heavy atom. The molecule has 2 aromatic heterocycles. The third-order valence-electron chi connectivity index (χ3n) is 3.76. The van der Waals surface area contributed by atoms with Crippen LogP contribution in [0.3, 0.4) is 0 Å². The molecule has 0 spiro atoms. The van der Waals surface area contributed by atoms with E-state index in [1.165, 1.54) is 16.6 Å². The molecule has 2 heterocycles. The molecule has 0 amide bonds. The van der Waals surface area contributed by atoms with Crippen LogP contribution in [0.1, 0.15) is 38.4 Å². The summed E-state index contributed by atoms with van der Waals surface area (Å²) in [5.41, 5.74) is 3.77. The van der Waals surface area contributed by atoms with Gasteiger partial charge in [0.2, 0.25) is 5.88 Å². The first-order valence-electron chi connectivity index (χ1n) is 7.13. The molecule has 0 aliphatic heterocycles. The van der Waals surface area contributed by atoms with Crippen LogP contribution < -0.4 is 4.74 Å². The average Bonchev–Trinajstić information content (AvgIpc) is 2.63. The van der Waals surface area contributed by atoms with E-state index in [0.717, 1.165) is 31.0 Å². The molecule has 0 bridgehead atoms. The van der Waals surface area contributed by atoms with Gasteiger partial charge in [-0.05, 0) is 44.7 Å². The Hall–Kier alpha value is -1.51. The average molecular weight is 260 g/mol. The van der Waals surface area contributed by atoms with Gasteiger partial charge in [-0.25, -0.2) is 4.98 Å². The van der Waals surface area contributed by atoms with Gasteiger partial charge in [-0.2, -0.15) is 0 Å². The smallest absolute Gasteiger partial charge is 0.238 e. The van der Waals surface area contributed by atoms with E-state index in [-0.39, 0.29) is 0 Å². The summed E-state index contributed by atoms with van der Waals surface area (Å²) in [6.07, 6.45) is 2.91. The maximum atomic E-state index is 5.91. The Kier molecular flexibility index (Phi) is 4.13. The molecule has 19 heavy (non-hydrogen) atoms. The van der Waals surface area contributed by atoms with Crippen molar-refractivity contribution < 1.29 is 4.74 Å². The van der Waals surface area contributed by atoms with Gasteiger partial charge in [-0.3, -0.25) is 0 Å². The molecule has 2 rings (SSSR count). The summed E-state index contributed by atoms with van der Waals surface area (Å²) in [4.78, 5) is 4.42. The summed E-state index contributed by atoms with van der Waals surface area (Å²) in [5.74, 6) is 1.43. The van der Waals surface area contributed by atoms with Crippen molar-refractivity contribution in [1.82, 2.24) is 9.55 Å². The molecule has 2 aromatic rings. The topological polar surface area (TPSA) is 27.1 Å². The predicted molar refractivity (Wildman–Crippen MR) is 79.8 cm³/mol. The quantitative estimate of drug-likeness (QED) is 0.809. The summed E-state index contributed by atoms with van der Waals surface area (Å²) < 4.78 is 8.20. The zero-order chi connectivity index (χ0) is 14.0. The predicted octanol–water partition coefficient (Wildman–Crippen LogP) is 4.10. The highest BCUT2D eigenvalue weighted by atomic mass is 16.5. The number of aryl methyl sites for hydroxylation is 2. The monoisotopic (exact) mass is 260 g/mol. The second kappa shape index (κ2) is 5.64. The molecule has 0 aromatic carbocycles. The number of aromatic nitrogens is 2. The lowest BCUT2D eigenvalue weighted by Crippen LogP contribution is -2.05. The minimum atomic E-state index is 0.653. The summed E-state index contributed by atoms with van der Waals surface area (Å²) >= 11 is 0. The van der Waals surface area contributed by atoms with Gasteiger partial charge in [0.05, 0.1) is 6.61 Å². The molecule has 104 valence electrons. The van der Waals surface area contributed by atoms with Gasteiger partial charge < -0.3 is 9.30 Å². The highest BCUT2D eigenvalue weighted by Gasteiger charge is 2.15. The summed E-state index contributed by atoms with van der Waals surface area (Å²) in [6.45, 7) is 12.6. The van der Waals surface area contributed by atoms with E-state index in [1.54, 1.807) is 0 Å². The highest BCUT2D eigenvalue weighted by Crippen LogP contribution is 2.30. The fraction of sp³-hybridized carbons (Fsp3) is 0.562. The first-order chi connectivity index (χ1) is 9.06. The largest absolute Gasteiger partial charge is 0.476 e. The van der Waals surface area contributed by atoms with Crippen LogP contribution in [0.5, 0.6) is 5.88 Å². The van der Waals surface area contributed by atoms with E-state index >= 15 is 0 Å². The number of nitrogens with zero attached hydrogens (tertiary/aromatic N) is 2. The number of hydrogen-bond acceptors (Lipinski definition) is 2. The fourth-order valence-electron chi connectivity index (χ4n) is 2.46. The number of hydrogen-bond donors (Lipinski definition) is 0. The summed E-state index contributed by atoms with van der Waals surface area (Å²) in [5, 5.41) is 1.26. The number of rotatable bonds is 5. The van der Waals surface area contributed by atoms with Crippen molar-refractivity contribution in [2.75, 3.05) is 6.61 Å². The molecule has 0 saturated heterocycles. The van der Waals surface area contributed by atoms with Crippen LogP contribution in [0, 0.1) is 19.8 Å².